The van der Waals surface area contributed by atoms with Crippen LogP contribution in [0.3, 0.4) is 0 Å². The van der Waals surface area contributed by atoms with Gasteiger partial charge in [0.15, 0.2) is 5.60 Å². The number of hydrogen-bond donors (Lipinski definition) is 1. The van der Waals surface area contributed by atoms with E-state index in [1.807, 2.05) is 38.9 Å². The largest absolute Gasteiger partial charge is 0.497 e. The number of aliphatic hydroxyl groups excluding tert-OH is 1. The zero-order valence-corrected chi connectivity index (χ0v) is 35.0. The number of hydrogen-bond acceptors (Lipinski definition) is 7. The van der Waals surface area contributed by atoms with Crippen LogP contribution < -0.4 is 19.7 Å². The van der Waals surface area contributed by atoms with Crippen molar-refractivity contribution in [3.05, 3.63) is 83.2 Å². The fourth-order valence-electron chi connectivity index (χ4n) is 9.23. The molecule has 0 unspecified atom stereocenters. The molecule has 296 valence electrons. The van der Waals surface area contributed by atoms with E-state index >= 15 is 4.79 Å². The summed E-state index contributed by atoms with van der Waals surface area (Å²) < 4.78 is 14.8. The molecule has 2 amide bonds. The van der Waals surface area contributed by atoms with Gasteiger partial charge in [-0.25, -0.2) is 0 Å². The van der Waals surface area contributed by atoms with Crippen LogP contribution in [-0.4, -0.2) is 72.9 Å². The van der Waals surface area contributed by atoms with Crippen molar-refractivity contribution >= 4 is 36.4 Å². The summed E-state index contributed by atoms with van der Waals surface area (Å²) >= 11 is 0. The van der Waals surface area contributed by atoms with E-state index in [4.69, 9.17) is 9.47 Å². The number of carbonyl (C=O) groups is 2. The molecule has 0 bridgehead atoms. The van der Waals surface area contributed by atoms with Gasteiger partial charge in [0.05, 0.1) is 32.7 Å². The minimum absolute atomic E-state index is 0.0153. The number of aryl methyl sites for hydroxylation is 1. The molecule has 1 spiro atoms. The first-order valence-electron chi connectivity index (χ1n) is 20.3. The van der Waals surface area contributed by atoms with Crippen molar-refractivity contribution in [2.24, 2.45) is 5.92 Å². The van der Waals surface area contributed by atoms with Crippen molar-refractivity contribution in [1.29, 1.82) is 0 Å². The van der Waals surface area contributed by atoms with Gasteiger partial charge in [-0.1, -0.05) is 78.7 Å². The molecule has 0 radical (unpaired) electrons. The summed E-state index contributed by atoms with van der Waals surface area (Å²) in [4.78, 5) is 32.8. The maximum atomic E-state index is 15.4. The molecule has 11 heteroatoms. The zero-order valence-electron chi connectivity index (χ0n) is 34.0. The van der Waals surface area contributed by atoms with Crippen LogP contribution in [0.1, 0.15) is 90.3 Å². The van der Waals surface area contributed by atoms with E-state index in [0.29, 0.717) is 38.9 Å². The van der Waals surface area contributed by atoms with Crippen LogP contribution in [0.4, 0.5) is 11.4 Å². The summed E-state index contributed by atoms with van der Waals surface area (Å²) in [5.74, 6) is 0.757. The Morgan fingerprint density at radius 3 is 2.55 bits per heavy atom. The molecule has 2 aromatic carbocycles. The summed E-state index contributed by atoms with van der Waals surface area (Å²) in [6, 6.07) is 14.6. The topological polar surface area (TPSA) is 110 Å². The second kappa shape index (κ2) is 17.4. The normalized spacial score (nSPS) is 23.3. The Morgan fingerprint density at radius 1 is 1.05 bits per heavy atom. The van der Waals surface area contributed by atoms with Gasteiger partial charge < -0.3 is 24.4 Å². The van der Waals surface area contributed by atoms with E-state index in [1.54, 1.807) is 7.11 Å². The number of ether oxygens (including phenoxy) is 2. The number of carbonyl (C=O) groups excluding carboxylic acids is 2. The fourth-order valence-corrected chi connectivity index (χ4v) is 13.3. The van der Waals surface area contributed by atoms with E-state index in [-0.39, 0.29) is 36.0 Å². The lowest BCUT2D eigenvalue weighted by Gasteiger charge is -2.37. The Labute approximate surface area is 328 Å². The number of nitrogens with zero attached hydrogens (tertiary/aromatic N) is 5. The van der Waals surface area contributed by atoms with Gasteiger partial charge in [0, 0.05) is 62.4 Å². The van der Waals surface area contributed by atoms with E-state index in [1.165, 1.54) is 16.3 Å². The summed E-state index contributed by atoms with van der Waals surface area (Å²) in [5, 5.41) is 19.4. The minimum Gasteiger partial charge on any atom is -0.497 e. The van der Waals surface area contributed by atoms with Gasteiger partial charge in [0.1, 0.15) is 5.75 Å². The highest BCUT2D eigenvalue weighted by Gasteiger charge is 2.66. The van der Waals surface area contributed by atoms with Crippen molar-refractivity contribution in [3.8, 4) is 5.75 Å². The third kappa shape index (κ3) is 8.39. The SMILES string of the molecule is COc1ccc([Si](C)(C)[C@@H]2[C@@H](CCn3cc(CCO)nn3)O[C@]3(C(=O)N(C/C=C(\C)CCC=C(C)C)c4ccc(N5CCCCCCC5=O)cc43)[C@H]2C)cc1. The average molecular weight is 768 g/mol. The number of anilines is 2. The Balaban J connectivity index is 1.44. The molecule has 4 heterocycles. The molecule has 1 aromatic heterocycles. The lowest BCUT2D eigenvalue weighted by Crippen LogP contribution is -2.52. The molecule has 55 heavy (non-hydrogen) atoms. The summed E-state index contributed by atoms with van der Waals surface area (Å²) in [5.41, 5.74) is 4.70. The Morgan fingerprint density at radius 2 is 1.82 bits per heavy atom. The number of aromatic nitrogens is 3. The maximum absolute atomic E-state index is 15.4. The number of fused-ring (bicyclic) bond motifs is 2. The Bertz CT molecular complexity index is 1880. The second-order valence-corrected chi connectivity index (χ2v) is 21.3. The van der Waals surface area contributed by atoms with Gasteiger partial charge in [0.2, 0.25) is 5.91 Å². The van der Waals surface area contributed by atoms with Crippen LogP contribution in [0.5, 0.6) is 5.75 Å². The van der Waals surface area contributed by atoms with Crippen LogP contribution in [0.15, 0.2) is 72.0 Å². The predicted molar refractivity (Wildman–Crippen MR) is 222 cm³/mol. The van der Waals surface area contributed by atoms with Crippen LogP contribution in [0.25, 0.3) is 0 Å². The third-order valence-corrected chi connectivity index (χ3v) is 16.6. The van der Waals surface area contributed by atoms with Gasteiger partial charge in [-0.3, -0.25) is 14.3 Å². The number of allylic oxidation sites excluding steroid dienone is 3. The fraction of sp³-hybridized carbons (Fsp3) is 0.545. The maximum Gasteiger partial charge on any atom is 0.264 e. The van der Waals surface area contributed by atoms with Crippen LogP contribution in [0, 0.1) is 5.92 Å². The molecule has 3 aliphatic heterocycles. The highest BCUT2D eigenvalue weighted by atomic mass is 28.3. The molecule has 3 aliphatic rings. The van der Waals surface area contributed by atoms with Gasteiger partial charge >= 0.3 is 0 Å². The van der Waals surface area contributed by atoms with Gasteiger partial charge in [-0.15, -0.1) is 5.10 Å². The van der Waals surface area contributed by atoms with Crippen LogP contribution in [0.2, 0.25) is 18.6 Å². The van der Waals surface area contributed by atoms with Crippen molar-refractivity contribution in [3.63, 3.8) is 0 Å². The highest BCUT2D eigenvalue weighted by molar-refractivity contribution is 6.91. The van der Waals surface area contributed by atoms with Gasteiger partial charge in [-0.2, -0.15) is 0 Å². The molecule has 1 N–H and O–H groups in total. The van der Waals surface area contributed by atoms with Crippen molar-refractivity contribution in [1.82, 2.24) is 15.0 Å². The number of amides is 2. The quantitative estimate of drug-likeness (QED) is 0.134. The van der Waals surface area contributed by atoms with E-state index in [2.05, 4.69) is 87.5 Å². The molecular formula is C44H61N5O5Si. The molecule has 4 atom stereocenters. The molecule has 10 nitrogen and oxygen atoms in total. The first-order chi connectivity index (χ1) is 26.4. The van der Waals surface area contributed by atoms with E-state index < -0.39 is 13.7 Å². The molecule has 0 saturated carbocycles. The van der Waals surface area contributed by atoms with Crippen molar-refractivity contribution in [2.75, 3.05) is 36.6 Å². The van der Waals surface area contributed by atoms with Crippen LogP contribution >= 0.6 is 0 Å². The van der Waals surface area contributed by atoms with Gasteiger partial charge in [-0.05, 0) is 88.7 Å². The summed E-state index contributed by atoms with van der Waals surface area (Å²) in [6.07, 6.45) is 13.6. The summed E-state index contributed by atoms with van der Waals surface area (Å²) in [7, 11) is -0.677. The first kappa shape index (κ1) is 40.6. The first-order valence-corrected chi connectivity index (χ1v) is 23.4. The molecular weight excluding hydrogens is 707 g/mol. The smallest absolute Gasteiger partial charge is 0.264 e. The third-order valence-electron chi connectivity index (χ3n) is 12.3. The number of benzene rings is 2. The van der Waals surface area contributed by atoms with Crippen molar-refractivity contribution in [2.45, 2.75) is 122 Å². The predicted octanol–water partition coefficient (Wildman–Crippen LogP) is 7.46. The zero-order chi connectivity index (χ0) is 39.3. The number of methoxy groups -OCH3 is 1. The number of rotatable bonds is 14. The van der Waals surface area contributed by atoms with E-state index in [0.717, 1.165) is 66.9 Å². The van der Waals surface area contributed by atoms with E-state index in [9.17, 15) is 9.90 Å². The molecule has 2 saturated heterocycles. The highest BCUT2D eigenvalue weighted by Crippen LogP contribution is 2.60. The van der Waals surface area contributed by atoms with Crippen LogP contribution in [-0.2, 0) is 32.9 Å². The Kier molecular flexibility index (Phi) is 12.8. The number of aliphatic hydroxyl groups is 1. The average Bonchev–Trinajstić information content (AvgIpc) is 3.80. The summed E-state index contributed by atoms with van der Waals surface area (Å²) in [6.45, 7) is 15.1. The van der Waals surface area contributed by atoms with Gasteiger partial charge in [0.25, 0.3) is 5.91 Å². The minimum atomic E-state index is -2.36. The van der Waals surface area contributed by atoms with Crippen molar-refractivity contribution < 1.29 is 24.2 Å². The molecule has 2 fully saturated rings. The second-order valence-electron chi connectivity index (χ2n) is 16.6. The molecule has 3 aromatic rings. The molecule has 0 aliphatic carbocycles. The lowest BCUT2D eigenvalue weighted by molar-refractivity contribution is -0.145. The molecule has 6 rings (SSSR count). The standard InChI is InChI=1S/C44H61N5O5Si/c1-31(2)13-12-14-32(3)22-27-49-39-21-16-35(48-25-11-9-8-10-15-41(48)51)29-38(39)44(43(49)52)33(4)42(55(6,7)37-19-17-36(53-5)18-20-37)40(54-44)23-26-47-30-34(24-28-50)45-46-47/h13,16-22,29-30,33,40,42,50H,8-12,14-15,23-28H2,1-7H3/b32-22+/t33-,40+,42-,44+/m0/s1. The monoisotopic (exact) mass is 767 g/mol. The lowest BCUT2D eigenvalue weighted by atomic mass is 9.82. The Hall–Kier alpha value is -4.06.